The molecule has 5 heteroatoms. The molecule has 1 aliphatic heterocycles. The number of aryl methyl sites for hydroxylation is 1. The van der Waals surface area contributed by atoms with E-state index >= 15 is 0 Å². The largest absolute Gasteiger partial charge is 0.453 e. The van der Waals surface area contributed by atoms with E-state index in [1.165, 1.54) is 18.2 Å². The minimum absolute atomic E-state index is 0.141. The summed E-state index contributed by atoms with van der Waals surface area (Å²) in [6, 6.07) is 8.83. The first-order valence-corrected chi connectivity index (χ1v) is 6.99. The predicted octanol–water partition coefficient (Wildman–Crippen LogP) is 1.43. The van der Waals surface area contributed by atoms with E-state index in [-0.39, 0.29) is 18.2 Å². The fourth-order valence-electron chi connectivity index (χ4n) is 2.70. The highest BCUT2D eigenvalue weighted by atomic mass is 16.5. The lowest BCUT2D eigenvalue weighted by molar-refractivity contribution is 0.165. The van der Waals surface area contributed by atoms with Gasteiger partial charge in [-0.2, -0.15) is 0 Å². The van der Waals surface area contributed by atoms with Crippen LogP contribution in [0.2, 0.25) is 0 Å². The van der Waals surface area contributed by atoms with Crippen molar-refractivity contribution in [3.8, 4) is 0 Å². The summed E-state index contributed by atoms with van der Waals surface area (Å²) < 4.78 is 4.64. The average molecular weight is 277 g/mol. The summed E-state index contributed by atoms with van der Waals surface area (Å²) in [4.78, 5) is 13.6. The van der Waals surface area contributed by atoms with Crippen molar-refractivity contribution < 1.29 is 9.53 Å². The second-order valence-electron chi connectivity index (χ2n) is 5.28. The van der Waals surface area contributed by atoms with Gasteiger partial charge in [0.05, 0.1) is 7.11 Å². The van der Waals surface area contributed by atoms with Crippen LogP contribution >= 0.6 is 0 Å². The summed E-state index contributed by atoms with van der Waals surface area (Å²) in [6.07, 6.45) is 0.564. The van der Waals surface area contributed by atoms with E-state index in [0.717, 1.165) is 19.5 Å². The first-order chi connectivity index (χ1) is 9.63. The Morgan fingerprint density at radius 2 is 2.20 bits per heavy atom. The Bertz CT molecular complexity index is 447. The highest BCUT2D eigenvalue weighted by Gasteiger charge is 2.29. The molecule has 1 heterocycles. The number of methoxy groups -OCH3 is 1. The van der Waals surface area contributed by atoms with Gasteiger partial charge in [-0.15, -0.1) is 0 Å². The normalized spacial score (nSPS) is 20.6. The van der Waals surface area contributed by atoms with Gasteiger partial charge >= 0.3 is 6.09 Å². The van der Waals surface area contributed by atoms with Gasteiger partial charge < -0.3 is 15.8 Å². The molecular weight excluding hydrogens is 254 g/mol. The van der Waals surface area contributed by atoms with Crippen molar-refractivity contribution in [1.82, 2.24) is 10.2 Å². The highest BCUT2D eigenvalue weighted by Crippen LogP contribution is 2.24. The summed E-state index contributed by atoms with van der Waals surface area (Å²) in [7, 11) is 1.39. The number of likely N-dealkylation sites (tertiary alicyclic amines) is 1. The number of rotatable bonds is 4. The lowest BCUT2D eigenvalue weighted by Gasteiger charge is -2.27. The van der Waals surface area contributed by atoms with Gasteiger partial charge in [0.1, 0.15) is 0 Å². The zero-order valence-electron chi connectivity index (χ0n) is 12.1. The van der Waals surface area contributed by atoms with Crippen LogP contribution in [0.25, 0.3) is 0 Å². The summed E-state index contributed by atoms with van der Waals surface area (Å²) in [6.45, 7) is 4.40. The van der Waals surface area contributed by atoms with E-state index in [1.807, 2.05) is 0 Å². The van der Waals surface area contributed by atoms with Crippen LogP contribution in [0.5, 0.6) is 0 Å². The molecule has 1 amide bonds. The standard InChI is InChI=1S/C15H23N3O2/c1-11-3-5-12(6-4-11)14(9-16)18-8-7-13(10-18)17-15(19)20-2/h3-6,13-14H,7-10,16H2,1-2H3,(H,17,19). The first-order valence-electron chi connectivity index (χ1n) is 6.99. The van der Waals surface area contributed by atoms with Crippen molar-refractivity contribution in [1.29, 1.82) is 0 Å². The second-order valence-corrected chi connectivity index (χ2v) is 5.28. The number of nitrogens with two attached hydrogens (primary N) is 1. The first kappa shape index (κ1) is 14.8. The highest BCUT2D eigenvalue weighted by molar-refractivity contribution is 5.67. The second kappa shape index (κ2) is 6.72. The molecule has 110 valence electrons. The quantitative estimate of drug-likeness (QED) is 0.873. The van der Waals surface area contributed by atoms with Gasteiger partial charge in [-0.3, -0.25) is 4.90 Å². The molecule has 20 heavy (non-hydrogen) atoms. The lowest BCUT2D eigenvalue weighted by Crippen LogP contribution is -2.39. The van der Waals surface area contributed by atoms with Crippen molar-refractivity contribution in [3.63, 3.8) is 0 Å². The molecule has 0 spiro atoms. The van der Waals surface area contributed by atoms with Gasteiger partial charge in [-0.25, -0.2) is 4.79 Å². The molecule has 0 saturated carbocycles. The van der Waals surface area contributed by atoms with E-state index < -0.39 is 0 Å². The van der Waals surface area contributed by atoms with Crippen LogP contribution in [0, 0.1) is 6.92 Å². The molecule has 2 rings (SSSR count). The van der Waals surface area contributed by atoms with Crippen molar-refractivity contribution in [2.45, 2.75) is 25.4 Å². The van der Waals surface area contributed by atoms with Gasteiger partial charge in [0.25, 0.3) is 0 Å². The number of amides is 1. The smallest absolute Gasteiger partial charge is 0.407 e. The average Bonchev–Trinajstić information content (AvgIpc) is 2.90. The minimum Gasteiger partial charge on any atom is -0.453 e. The molecule has 0 aliphatic carbocycles. The van der Waals surface area contributed by atoms with Gasteiger partial charge in [-0.05, 0) is 18.9 Å². The molecule has 1 aliphatic rings. The van der Waals surface area contributed by atoms with Crippen molar-refractivity contribution in [3.05, 3.63) is 35.4 Å². The van der Waals surface area contributed by atoms with E-state index in [1.54, 1.807) is 0 Å². The number of carbonyl (C=O) groups is 1. The summed E-state index contributed by atoms with van der Waals surface area (Å²) in [5.74, 6) is 0. The Morgan fingerprint density at radius 3 is 2.80 bits per heavy atom. The Hall–Kier alpha value is -1.59. The van der Waals surface area contributed by atoms with Crippen molar-refractivity contribution >= 4 is 6.09 Å². The Morgan fingerprint density at radius 1 is 1.50 bits per heavy atom. The molecule has 2 unspecified atom stereocenters. The van der Waals surface area contributed by atoms with Gasteiger partial charge in [-0.1, -0.05) is 29.8 Å². The van der Waals surface area contributed by atoms with Crippen LogP contribution in [0.4, 0.5) is 4.79 Å². The molecule has 0 aromatic heterocycles. The maximum atomic E-state index is 11.2. The molecule has 1 aromatic rings. The lowest BCUT2D eigenvalue weighted by atomic mass is 10.0. The minimum atomic E-state index is -0.364. The Labute approximate surface area is 120 Å². The number of hydrogen-bond acceptors (Lipinski definition) is 4. The number of carbonyl (C=O) groups excluding carboxylic acids is 1. The number of hydrogen-bond donors (Lipinski definition) is 2. The summed E-state index contributed by atoms with van der Waals surface area (Å²) in [5, 5.41) is 2.85. The van der Waals surface area contributed by atoms with Crippen LogP contribution in [0.1, 0.15) is 23.6 Å². The summed E-state index contributed by atoms with van der Waals surface area (Å²) >= 11 is 0. The maximum Gasteiger partial charge on any atom is 0.407 e. The number of benzene rings is 1. The molecule has 1 saturated heterocycles. The maximum absolute atomic E-state index is 11.2. The molecule has 5 nitrogen and oxygen atoms in total. The monoisotopic (exact) mass is 277 g/mol. The zero-order chi connectivity index (χ0) is 14.5. The SMILES string of the molecule is COC(=O)NC1CCN(C(CN)c2ccc(C)cc2)C1. The van der Waals surface area contributed by atoms with Crippen LogP contribution in [0.15, 0.2) is 24.3 Å². The van der Waals surface area contributed by atoms with Crippen LogP contribution in [-0.4, -0.2) is 43.8 Å². The number of ether oxygens (including phenoxy) is 1. The molecule has 0 bridgehead atoms. The van der Waals surface area contributed by atoms with Crippen LogP contribution in [0.3, 0.4) is 0 Å². The Balaban J connectivity index is 1.99. The molecule has 1 fully saturated rings. The molecule has 1 aromatic carbocycles. The Kier molecular flexibility index (Phi) is 4.98. The zero-order valence-corrected chi connectivity index (χ0v) is 12.1. The van der Waals surface area contributed by atoms with E-state index in [9.17, 15) is 4.79 Å². The number of nitrogens with zero attached hydrogens (tertiary/aromatic N) is 1. The topological polar surface area (TPSA) is 67.6 Å². The molecular formula is C15H23N3O2. The third kappa shape index (κ3) is 3.49. The fourth-order valence-corrected chi connectivity index (χ4v) is 2.70. The number of alkyl carbamates (subject to hydrolysis) is 1. The van der Waals surface area contributed by atoms with Crippen LogP contribution < -0.4 is 11.1 Å². The van der Waals surface area contributed by atoms with Gasteiger partial charge in [0.15, 0.2) is 0 Å². The molecule has 3 N–H and O–H groups in total. The third-order valence-electron chi connectivity index (χ3n) is 3.85. The van der Waals surface area contributed by atoms with E-state index in [0.29, 0.717) is 6.54 Å². The van der Waals surface area contributed by atoms with Gasteiger partial charge in [0.2, 0.25) is 0 Å². The predicted molar refractivity (Wildman–Crippen MR) is 78.5 cm³/mol. The van der Waals surface area contributed by atoms with Crippen molar-refractivity contribution in [2.75, 3.05) is 26.7 Å². The van der Waals surface area contributed by atoms with E-state index in [4.69, 9.17) is 5.73 Å². The molecule has 0 radical (unpaired) electrons. The molecule has 2 atom stereocenters. The van der Waals surface area contributed by atoms with Gasteiger partial charge in [0, 0.05) is 31.7 Å². The fraction of sp³-hybridized carbons (Fsp3) is 0.533. The summed E-state index contributed by atoms with van der Waals surface area (Å²) in [5.41, 5.74) is 8.42. The van der Waals surface area contributed by atoms with Crippen molar-refractivity contribution in [2.24, 2.45) is 5.73 Å². The van der Waals surface area contributed by atoms with Crippen LogP contribution in [-0.2, 0) is 4.74 Å². The van der Waals surface area contributed by atoms with E-state index in [2.05, 4.69) is 46.1 Å². The number of nitrogens with one attached hydrogen (secondary N) is 1. The third-order valence-corrected chi connectivity index (χ3v) is 3.85.